The first kappa shape index (κ1) is 22.7. The highest BCUT2D eigenvalue weighted by Gasteiger charge is 2.47. The number of nitrogens with one attached hydrogen (secondary N) is 1. The van der Waals surface area contributed by atoms with Gasteiger partial charge in [0.2, 0.25) is 0 Å². The van der Waals surface area contributed by atoms with Crippen molar-refractivity contribution in [3.63, 3.8) is 0 Å². The van der Waals surface area contributed by atoms with E-state index in [9.17, 15) is 14.4 Å². The molecule has 7 nitrogen and oxygen atoms in total. The lowest BCUT2D eigenvalue weighted by Gasteiger charge is -2.11. The Labute approximate surface area is 196 Å². The molecule has 170 valence electrons. The molecule has 1 N–H and O–H groups in total. The van der Waals surface area contributed by atoms with E-state index in [1.165, 1.54) is 9.58 Å². The number of hydrogen-bond acceptors (Lipinski definition) is 3. The predicted octanol–water partition coefficient (Wildman–Crippen LogP) is 3.51. The highest BCUT2D eigenvalue weighted by molar-refractivity contribution is 6.44. The van der Waals surface area contributed by atoms with E-state index >= 15 is 0 Å². The highest BCUT2D eigenvalue weighted by atomic mass is 35.5. The van der Waals surface area contributed by atoms with E-state index < -0.39 is 11.8 Å². The van der Waals surface area contributed by atoms with Gasteiger partial charge in [-0.1, -0.05) is 37.9 Å². The van der Waals surface area contributed by atoms with Crippen LogP contribution in [0.2, 0.25) is 5.02 Å². The number of pyridine rings is 1. The summed E-state index contributed by atoms with van der Waals surface area (Å²) in [6.45, 7) is 6.09. The number of nitrogens with zero attached hydrogens (tertiary/aromatic N) is 3. The molecule has 1 aliphatic rings. The number of H-pyrrole nitrogens is 1. The highest BCUT2D eigenvalue weighted by Crippen LogP contribution is 2.30. The molecule has 1 aromatic carbocycles. The minimum atomic E-state index is -0.447. The van der Waals surface area contributed by atoms with Crippen LogP contribution in [0.5, 0.6) is 0 Å². The molecule has 33 heavy (non-hydrogen) atoms. The molecule has 4 rings (SSSR count). The second-order valence-electron chi connectivity index (χ2n) is 8.11. The van der Waals surface area contributed by atoms with Gasteiger partial charge in [-0.2, -0.15) is 4.57 Å². The van der Waals surface area contributed by atoms with E-state index in [0.717, 1.165) is 12.0 Å². The number of aryl methyl sites for hydroxylation is 2. The van der Waals surface area contributed by atoms with Gasteiger partial charge in [0.25, 0.3) is 17.2 Å². The van der Waals surface area contributed by atoms with Crippen molar-refractivity contribution in [3.8, 4) is 5.69 Å². The number of aromatic amines is 1. The average Bonchev–Trinajstić information content (AvgIpc) is 3.22. The summed E-state index contributed by atoms with van der Waals surface area (Å²) in [6, 6.07) is 10.6. The van der Waals surface area contributed by atoms with Crippen LogP contribution in [0.4, 0.5) is 0 Å². The summed E-state index contributed by atoms with van der Waals surface area (Å²) in [5.41, 5.74) is 2.28. The summed E-state index contributed by atoms with van der Waals surface area (Å²) in [6.07, 6.45) is 5.44. The Morgan fingerprint density at radius 1 is 1.03 bits per heavy atom. The normalized spacial score (nSPS) is 14.0. The van der Waals surface area contributed by atoms with Crippen molar-refractivity contribution in [2.45, 2.75) is 40.0 Å². The molecule has 0 fully saturated rings. The Morgan fingerprint density at radius 2 is 1.82 bits per heavy atom. The van der Waals surface area contributed by atoms with Gasteiger partial charge in [0.05, 0.1) is 11.3 Å². The number of carbonyl (C=O) groups is 2. The second-order valence-corrected chi connectivity index (χ2v) is 8.55. The van der Waals surface area contributed by atoms with Gasteiger partial charge in [-0.05, 0) is 44.0 Å². The third kappa shape index (κ3) is 4.04. The van der Waals surface area contributed by atoms with Crippen molar-refractivity contribution in [1.82, 2.24) is 14.7 Å². The summed E-state index contributed by atoms with van der Waals surface area (Å²) < 4.78 is 3.03. The summed E-state index contributed by atoms with van der Waals surface area (Å²) in [4.78, 5) is 41.8. The predicted molar refractivity (Wildman–Crippen MR) is 127 cm³/mol. The standard InChI is InChI=1S/C25H25ClN4O3/c1-4-8-19-20(24(32)30(27-19)18-11-6-10-17(26)14-18)21-22(28-13-7-9-16(3)15-28)25(33)29(12-5-2)23(21)31/h6-7,9-11,13-15H,4-5,8,12H2,1-3H3/p+1. The van der Waals surface area contributed by atoms with Crippen LogP contribution in [0.15, 0.2) is 53.6 Å². The van der Waals surface area contributed by atoms with E-state index in [1.807, 2.05) is 32.9 Å². The Balaban J connectivity index is 2.02. The monoisotopic (exact) mass is 465 g/mol. The lowest BCUT2D eigenvalue weighted by atomic mass is 10.0. The van der Waals surface area contributed by atoms with Crippen LogP contribution in [0.3, 0.4) is 0 Å². The number of aromatic nitrogens is 3. The number of halogens is 1. The van der Waals surface area contributed by atoms with E-state index in [0.29, 0.717) is 29.2 Å². The van der Waals surface area contributed by atoms with Crippen LogP contribution in [-0.4, -0.2) is 33.0 Å². The Hall–Kier alpha value is -3.45. The van der Waals surface area contributed by atoms with Crippen LogP contribution in [0, 0.1) is 6.92 Å². The molecule has 0 atom stereocenters. The minimum Gasteiger partial charge on any atom is -0.294 e. The second kappa shape index (κ2) is 9.19. The van der Waals surface area contributed by atoms with Crippen molar-refractivity contribution in [3.05, 3.63) is 81.0 Å². The van der Waals surface area contributed by atoms with E-state index in [-0.39, 0.29) is 28.9 Å². The molecule has 0 radical (unpaired) electrons. The lowest BCUT2D eigenvalue weighted by Crippen LogP contribution is -2.40. The topological polar surface area (TPSA) is 79.1 Å². The van der Waals surface area contributed by atoms with Crippen molar-refractivity contribution in [2.75, 3.05) is 6.54 Å². The average molecular weight is 466 g/mol. The Morgan fingerprint density at radius 3 is 2.48 bits per heavy atom. The molecule has 2 aromatic heterocycles. The number of carbonyl (C=O) groups excluding carboxylic acids is 2. The van der Waals surface area contributed by atoms with Crippen molar-refractivity contribution in [1.29, 1.82) is 0 Å². The fourth-order valence-corrected chi connectivity index (χ4v) is 4.34. The van der Waals surface area contributed by atoms with Gasteiger partial charge in [0.15, 0.2) is 12.4 Å². The van der Waals surface area contributed by atoms with Gasteiger partial charge in [-0.15, -0.1) is 0 Å². The van der Waals surface area contributed by atoms with Gasteiger partial charge in [0.1, 0.15) is 5.57 Å². The third-order valence-electron chi connectivity index (χ3n) is 5.58. The maximum atomic E-state index is 13.7. The van der Waals surface area contributed by atoms with Gasteiger partial charge in [-0.3, -0.25) is 24.4 Å². The molecule has 0 saturated carbocycles. The fourth-order valence-electron chi connectivity index (χ4n) is 4.16. The van der Waals surface area contributed by atoms with E-state index in [4.69, 9.17) is 11.6 Å². The molecule has 1 aliphatic heterocycles. The maximum absolute atomic E-state index is 13.7. The van der Waals surface area contributed by atoms with Crippen LogP contribution in [-0.2, 0) is 16.0 Å². The zero-order chi connectivity index (χ0) is 23.7. The molecule has 0 saturated heterocycles. The molecular formula is C25H26ClN4O3+. The summed E-state index contributed by atoms with van der Waals surface area (Å²) >= 11 is 6.15. The smallest absolute Gasteiger partial charge is 0.294 e. The molecule has 0 aliphatic carbocycles. The van der Waals surface area contributed by atoms with Gasteiger partial charge in [-0.25, -0.2) is 4.68 Å². The quantitative estimate of drug-likeness (QED) is 0.428. The van der Waals surface area contributed by atoms with Crippen LogP contribution < -0.4 is 10.1 Å². The molecule has 3 heterocycles. The maximum Gasteiger partial charge on any atom is 0.326 e. The number of hydrogen-bond donors (Lipinski definition) is 1. The number of amides is 2. The number of rotatable bonds is 7. The summed E-state index contributed by atoms with van der Waals surface area (Å²) in [5.74, 6) is -0.845. The van der Waals surface area contributed by atoms with E-state index in [1.54, 1.807) is 41.2 Å². The van der Waals surface area contributed by atoms with Gasteiger partial charge < -0.3 is 0 Å². The van der Waals surface area contributed by atoms with E-state index in [2.05, 4.69) is 5.10 Å². The molecule has 0 bridgehead atoms. The van der Waals surface area contributed by atoms with Crippen LogP contribution >= 0.6 is 11.6 Å². The molecule has 8 heteroatoms. The van der Waals surface area contributed by atoms with Crippen molar-refractivity contribution in [2.24, 2.45) is 0 Å². The minimum absolute atomic E-state index is 0.134. The molecule has 3 aromatic rings. The first-order chi connectivity index (χ1) is 15.9. The molecule has 2 amide bonds. The third-order valence-corrected chi connectivity index (χ3v) is 5.81. The van der Waals surface area contributed by atoms with Crippen molar-refractivity contribution < 1.29 is 14.2 Å². The van der Waals surface area contributed by atoms with Crippen molar-refractivity contribution >= 4 is 34.7 Å². The first-order valence-electron chi connectivity index (χ1n) is 11.1. The van der Waals surface area contributed by atoms with Gasteiger partial charge >= 0.3 is 5.91 Å². The first-order valence-corrected chi connectivity index (χ1v) is 11.4. The zero-order valence-corrected chi connectivity index (χ0v) is 19.6. The number of benzene rings is 1. The summed E-state index contributed by atoms with van der Waals surface area (Å²) in [7, 11) is 0. The lowest BCUT2D eigenvalue weighted by molar-refractivity contribution is -0.577. The Kier molecular flexibility index (Phi) is 6.33. The molecule has 0 spiro atoms. The fraction of sp³-hybridized carbons (Fsp3) is 0.280. The SMILES string of the molecule is CCCc1[nH]n(-c2cccc(Cl)c2)c(=O)c1C1=C([n+]2cccc(C)c2)C(=O)N(CCC)C1=O. The zero-order valence-electron chi connectivity index (χ0n) is 18.9. The largest absolute Gasteiger partial charge is 0.326 e. The molecular weight excluding hydrogens is 440 g/mol. The molecule has 0 unspecified atom stereocenters. The van der Waals surface area contributed by atoms with Gasteiger partial charge in [0, 0.05) is 28.9 Å². The van der Waals surface area contributed by atoms with Crippen LogP contribution in [0.25, 0.3) is 17.0 Å². The van der Waals surface area contributed by atoms with Crippen LogP contribution in [0.1, 0.15) is 43.5 Å². The Bertz CT molecular complexity index is 1340. The number of imide groups is 1. The summed E-state index contributed by atoms with van der Waals surface area (Å²) in [5, 5.41) is 3.65.